The molecule has 1 aromatic carbocycles. The smallest absolute Gasteiger partial charge is 0.255 e. The Labute approximate surface area is 169 Å². The number of nitrogens with zero attached hydrogens (tertiary/aromatic N) is 4. The Balaban J connectivity index is 1.45. The molecule has 0 saturated carbocycles. The number of hydrogen-bond acceptors (Lipinski definition) is 4. The van der Waals surface area contributed by atoms with E-state index >= 15 is 0 Å². The molecule has 1 amide bonds. The topological polar surface area (TPSA) is 54.5 Å². The van der Waals surface area contributed by atoms with Crippen LogP contribution >= 0.6 is 0 Å². The van der Waals surface area contributed by atoms with Gasteiger partial charge in [0.2, 0.25) is 0 Å². The molecule has 2 aromatic heterocycles. The third kappa shape index (κ3) is 3.96. The van der Waals surface area contributed by atoms with Gasteiger partial charge in [-0.2, -0.15) is 0 Å². The fraction of sp³-hybridized carbons (Fsp3) is 0.364. The number of piperazine rings is 1. The fourth-order valence-electron chi connectivity index (χ4n) is 3.96. The van der Waals surface area contributed by atoms with Crippen molar-refractivity contribution in [2.45, 2.75) is 27.3 Å². The van der Waals surface area contributed by atoms with E-state index in [-0.39, 0.29) is 11.7 Å². The van der Waals surface area contributed by atoms with Crippen molar-refractivity contribution in [3.63, 3.8) is 0 Å². The van der Waals surface area contributed by atoms with Crippen molar-refractivity contribution in [2.75, 3.05) is 26.2 Å². The highest BCUT2D eigenvalue weighted by Crippen LogP contribution is 2.23. The Morgan fingerprint density at radius 2 is 1.76 bits per heavy atom. The van der Waals surface area contributed by atoms with Gasteiger partial charge in [0.1, 0.15) is 5.82 Å². The third-order valence-corrected chi connectivity index (χ3v) is 5.46. The van der Waals surface area contributed by atoms with Gasteiger partial charge in [-0.1, -0.05) is 5.16 Å². The largest absolute Gasteiger partial charge is 0.360 e. The van der Waals surface area contributed by atoms with E-state index in [1.165, 1.54) is 12.1 Å². The molecule has 1 fully saturated rings. The van der Waals surface area contributed by atoms with Crippen LogP contribution in [0.1, 0.15) is 33.2 Å². The average Bonchev–Trinajstić information content (AvgIpc) is 3.25. The molecule has 0 unspecified atom stereocenters. The maximum Gasteiger partial charge on any atom is 0.255 e. The SMILES string of the molecule is Cc1cc(CN2CCN(C(=O)c3cc(C)n(-c4ccc(F)cc4)c3C)CC2)on1. The number of aromatic nitrogens is 2. The molecular weight excluding hydrogens is 371 g/mol. The van der Waals surface area contributed by atoms with E-state index in [9.17, 15) is 9.18 Å². The first kappa shape index (κ1) is 19.4. The minimum Gasteiger partial charge on any atom is -0.360 e. The Bertz CT molecular complexity index is 1010. The van der Waals surface area contributed by atoms with Crippen LogP contribution in [0.2, 0.25) is 0 Å². The van der Waals surface area contributed by atoms with Crippen molar-refractivity contribution >= 4 is 5.91 Å². The maximum absolute atomic E-state index is 13.3. The number of hydrogen-bond donors (Lipinski definition) is 0. The highest BCUT2D eigenvalue weighted by atomic mass is 19.1. The van der Waals surface area contributed by atoms with Gasteiger partial charge in [-0.25, -0.2) is 4.39 Å². The molecule has 1 aliphatic heterocycles. The molecule has 3 aromatic rings. The number of carbonyl (C=O) groups excluding carboxylic acids is 1. The number of halogens is 1. The Morgan fingerprint density at radius 3 is 2.38 bits per heavy atom. The summed E-state index contributed by atoms with van der Waals surface area (Å²) in [4.78, 5) is 17.3. The number of carbonyl (C=O) groups is 1. The summed E-state index contributed by atoms with van der Waals surface area (Å²) in [6, 6.07) is 10.2. The summed E-state index contributed by atoms with van der Waals surface area (Å²) in [6.07, 6.45) is 0. The molecule has 0 N–H and O–H groups in total. The lowest BCUT2D eigenvalue weighted by atomic mass is 10.2. The lowest BCUT2D eigenvalue weighted by Crippen LogP contribution is -2.48. The molecule has 4 rings (SSSR count). The van der Waals surface area contributed by atoms with Crippen LogP contribution in [0.5, 0.6) is 0 Å². The van der Waals surface area contributed by atoms with Crippen molar-refractivity contribution in [2.24, 2.45) is 0 Å². The zero-order valence-electron chi connectivity index (χ0n) is 17.0. The molecule has 0 spiro atoms. The summed E-state index contributed by atoms with van der Waals surface area (Å²) in [5, 5.41) is 3.93. The molecule has 1 aliphatic rings. The van der Waals surface area contributed by atoms with Gasteiger partial charge in [0.05, 0.1) is 17.8 Å². The van der Waals surface area contributed by atoms with E-state index in [1.54, 1.807) is 12.1 Å². The van der Waals surface area contributed by atoms with E-state index in [2.05, 4.69) is 10.1 Å². The Kier molecular flexibility index (Phi) is 5.24. The first-order valence-electron chi connectivity index (χ1n) is 9.81. The summed E-state index contributed by atoms with van der Waals surface area (Å²) in [5.41, 5.74) is 4.26. The lowest BCUT2D eigenvalue weighted by Gasteiger charge is -2.34. The fourth-order valence-corrected chi connectivity index (χ4v) is 3.96. The van der Waals surface area contributed by atoms with E-state index < -0.39 is 0 Å². The summed E-state index contributed by atoms with van der Waals surface area (Å²) >= 11 is 0. The summed E-state index contributed by atoms with van der Waals surface area (Å²) < 4.78 is 20.6. The number of rotatable bonds is 4. The molecule has 1 saturated heterocycles. The summed E-state index contributed by atoms with van der Waals surface area (Å²) in [6.45, 7) is 9.45. The zero-order valence-corrected chi connectivity index (χ0v) is 17.0. The molecule has 7 heteroatoms. The zero-order chi connectivity index (χ0) is 20.5. The molecule has 0 radical (unpaired) electrons. The second-order valence-electron chi connectivity index (χ2n) is 7.60. The molecule has 6 nitrogen and oxygen atoms in total. The van der Waals surface area contributed by atoms with Gasteiger partial charge in [-0.05, 0) is 51.1 Å². The number of benzene rings is 1. The van der Waals surface area contributed by atoms with Crippen LogP contribution in [0.4, 0.5) is 4.39 Å². The molecule has 152 valence electrons. The van der Waals surface area contributed by atoms with Crippen LogP contribution in [-0.2, 0) is 6.54 Å². The van der Waals surface area contributed by atoms with Crippen molar-refractivity contribution in [1.29, 1.82) is 0 Å². The highest BCUT2D eigenvalue weighted by molar-refractivity contribution is 5.96. The van der Waals surface area contributed by atoms with Gasteiger partial charge in [0.25, 0.3) is 5.91 Å². The first-order chi connectivity index (χ1) is 13.9. The Hall–Kier alpha value is -2.93. The molecule has 29 heavy (non-hydrogen) atoms. The van der Waals surface area contributed by atoms with Crippen molar-refractivity contribution in [1.82, 2.24) is 19.5 Å². The van der Waals surface area contributed by atoms with Gasteiger partial charge in [-0.15, -0.1) is 0 Å². The molecular formula is C22H25FN4O2. The van der Waals surface area contributed by atoms with Crippen LogP contribution in [-0.4, -0.2) is 51.6 Å². The number of amides is 1. The van der Waals surface area contributed by atoms with Crippen LogP contribution < -0.4 is 0 Å². The minimum atomic E-state index is -0.272. The van der Waals surface area contributed by atoms with Crippen molar-refractivity contribution in [3.05, 3.63) is 70.6 Å². The van der Waals surface area contributed by atoms with E-state index in [0.717, 1.165) is 41.6 Å². The quantitative estimate of drug-likeness (QED) is 0.678. The summed E-state index contributed by atoms with van der Waals surface area (Å²) in [7, 11) is 0. The average molecular weight is 396 g/mol. The Morgan fingerprint density at radius 1 is 1.07 bits per heavy atom. The van der Waals surface area contributed by atoms with Gasteiger partial charge in [0, 0.05) is 49.3 Å². The van der Waals surface area contributed by atoms with Crippen molar-refractivity contribution in [3.8, 4) is 5.69 Å². The standard InChI is InChI=1S/C22H25FN4O2/c1-15-12-20(29-24-15)14-25-8-10-26(11-9-25)22(28)21-13-16(2)27(17(21)3)19-6-4-18(23)5-7-19/h4-7,12-13H,8-11,14H2,1-3H3. The van der Waals surface area contributed by atoms with Crippen LogP contribution in [0, 0.1) is 26.6 Å². The second-order valence-corrected chi connectivity index (χ2v) is 7.60. The van der Waals surface area contributed by atoms with Gasteiger partial charge in [0.15, 0.2) is 5.76 Å². The first-order valence-corrected chi connectivity index (χ1v) is 9.81. The molecule has 0 bridgehead atoms. The number of aryl methyl sites for hydroxylation is 2. The van der Waals surface area contributed by atoms with Gasteiger partial charge >= 0.3 is 0 Å². The van der Waals surface area contributed by atoms with Crippen molar-refractivity contribution < 1.29 is 13.7 Å². The lowest BCUT2D eigenvalue weighted by molar-refractivity contribution is 0.0616. The summed E-state index contributed by atoms with van der Waals surface area (Å²) in [5.74, 6) is 0.623. The van der Waals surface area contributed by atoms with Gasteiger partial charge in [-0.3, -0.25) is 9.69 Å². The van der Waals surface area contributed by atoms with E-state index in [0.29, 0.717) is 25.2 Å². The van der Waals surface area contributed by atoms with Gasteiger partial charge < -0.3 is 14.0 Å². The highest BCUT2D eigenvalue weighted by Gasteiger charge is 2.26. The minimum absolute atomic E-state index is 0.0432. The normalized spacial score (nSPS) is 15.1. The third-order valence-electron chi connectivity index (χ3n) is 5.46. The molecule has 0 aliphatic carbocycles. The van der Waals surface area contributed by atoms with Crippen LogP contribution in [0.25, 0.3) is 5.69 Å². The monoisotopic (exact) mass is 396 g/mol. The second kappa shape index (κ2) is 7.83. The maximum atomic E-state index is 13.3. The molecule has 3 heterocycles. The predicted octanol–water partition coefficient (Wildman–Crippen LogP) is 3.49. The van der Waals surface area contributed by atoms with E-state index in [1.807, 2.05) is 42.4 Å². The van der Waals surface area contributed by atoms with Crippen LogP contribution in [0.15, 0.2) is 40.9 Å². The van der Waals surface area contributed by atoms with Crippen LogP contribution in [0.3, 0.4) is 0 Å². The van der Waals surface area contributed by atoms with E-state index in [4.69, 9.17) is 4.52 Å². The predicted molar refractivity (Wildman–Crippen MR) is 108 cm³/mol. The molecule has 0 atom stereocenters.